The molecule has 1 heterocycles. The van der Waals surface area contributed by atoms with Crippen LogP contribution in [0.25, 0.3) is 21.3 Å². The van der Waals surface area contributed by atoms with E-state index in [1.165, 1.54) is 24.5 Å². The second-order valence-corrected chi connectivity index (χ2v) is 9.98. The van der Waals surface area contributed by atoms with Crippen LogP contribution in [0.1, 0.15) is 0 Å². The normalized spacial score (nSPS) is 11.6. The molecule has 3 aromatic carbocycles. The highest BCUT2D eigenvalue weighted by Crippen LogP contribution is 2.28. The Morgan fingerprint density at radius 2 is 1.75 bits per heavy atom. The summed E-state index contributed by atoms with van der Waals surface area (Å²) in [5.41, 5.74) is 0.833. The van der Waals surface area contributed by atoms with Gasteiger partial charge < -0.3 is 4.74 Å². The number of anilines is 1. The molecule has 4 aromatic rings. The molecule has 0 saturated heterocycles. The van der Waals surface area contributed by atoms with Gasteiger partial charge >= 0.3 is 0 Å². The zero-order valence-corrected chi connectivity index (χ0v) is 19.0. The van der Waals surface area contributed by atoms with E-state index in [0.29, 0.717) is 5.01 Å². The number of ether oxygens (including phenoxy) is 1. The van der Waals surface area contributed by atoms with Crippen LogP contribution in [0.2, 0.25) is 0 Å². The van der Waals surface area contributed by atoms with Gasteiger partial charge in [-0.15, -0.1) is 10.2 Å². The van der Waals surface area contributed by atoms with Gasteiger partial charge in [0.25, 0.3) is 0 Å². The van der Waals surface area contributed by atoms with Gasteiger partial charge in [0.1, 0.15) is 10.8 Å². The van der Waals surface area contributed by atoms with Crippen molar-refractivity contribution in [3.05, 3.63) is 66.7 Å². The molecule has 8 nitrogen and oxygen atoms in total. The van der Waals surface area contributed by atoms with Crippen molar-refractivity contribution in [3.8, 4) is 16.3 Å². The van der Waals surface area contributed by atoms with Crippen LogP contribution in [0.15, 0.2) is 71.6 Å². The van der Waals surface area contributed by atoms with Crippen molar-refractivity contribution in [1.29, 1.82) is 0 Å². The minimum Gasteiger partial charge on any atom is -0.497 e. The summed E-state index contributed by atoms with van der Waals surface area (Å²) in [6.45, 7) is -0.355. The summed E-state index contributed by atoms with van der Waals surface area (Å²) in [5, 5.41) is 13.3. The van der Waals surface area contributed by atoms with Crippen molar-refractivity contribution in [2.45, 2.75) is 4.90 Å². The number of nitrogens with zero attached hydrogens (tertiary/aromatic N) is 3. The van der Waals surface area contributed by atoms with Gasteiger partial charge in [-0.3, -0.25) is 10.1 Å². The van der Waals surface area contributed by atoms with Gasteiger partial charge in [-0.25, -0.2) is 8.42 Å². The first-order chi connectivity index (χ1) is 15.4. The average Bonchev–Trinajstić information content (AvgIpc) is 3.27. The summed E-state index contributed by atoms with van der Waals surface area (Å²) in [6.07, 6.45) is 0. The molecule has 0 fully saturated rings. The lowest BCUT2D eigenvalue weighted by molar-refractivity contribution is -0.116. The average molecular weight is 469 g/mol. The summed E-state index contributed by atoms with van der Waals surface area (Å²) in [5.74, 6) is 0.219. The SMILES string of the molecule is COc1ccc(-c2nnc(NC(=O)CN(C)S(=O)(=O)c3ccc4ccccc4c3)s2)cc1. The number of carbonyl (C=O) groups is 1. The maximum atomic E-state index is 12.9. The number of sulfonamides is 1. The number of amides is 1. The van der Waals surface area contributed by atoms with Crippen LogP contribution in [0.3, 0.4) is 0 Å². The monoisotopic (exact) mass is 468 g/mol. The number of hydrogen-bond donors (Lipinski definition) is 1. The summed E-state index contributed by atoms with van der Waals surface area (Å²) in [4.78, 5) is 12.6. The van der Waals surface area contributed by atoms with Crippen LogP contribution >= 0.6 is 11.3 Å². The maximum Gasteiger partial charge on any atom is 0.243 e. The highest BCUT2D eigenvalue weighted by molar-refractivity contribution is 7.89. The number of benzene rings is 3. The number of carbonyl (C=O) groups excluding carboxylic acids is 1. The molecule has 0 atom stereocenters. The molecule has 0 aliphatic heterocycles. The molecule has 164 valence electrons. The van der Waals surface area contributed by atoms with E-state index in [1.807, 2.05) is 48.5 Å². The Balaban J connectivity index is 1.43. The van der Waals surface area contributed by atoms with Crippen LogP contribution < -0.4 is 10.1 Å². The van der Waals surface area contributed by atoms with E-state index in [4.69, 9.17) is 4.74 Å². The Bertz CT molecular complexity index is 1370. The lowest BCUT2D eigenvalue weighted by Gasteiger charge is -2.16. The standard InChI is InChI=1S/C22H20N4O4S2/c1-26(32(28,29)19-12-9-15-5-3-4-6-17(15)13-19)14-20(27)23-22-25-24-21(31-22)16-7-10-18(30-2)11-8-16/h3-13H,14H2,1-2H3,(H,23,25,27). The van der Waals surface area contributed by atoms with E-state index in [9.17, 15) is 13.2 Å². The molecule has 0 radical (unpaired) electrons. The Hall–Kier alpha value is -3.34. The number of hydrogen-bond acceptors (Lipinski definition) is 7. The van der Waals surface area contributed by atoms with Gasteiger partial charge in [0.05, 0.1) is 18.6 Å². The number of methoxy groups -OCH3 is 1. The van der Waals surface area contributed by atoms with Crippen LogP contribution in [0.5, 0.6) is 5.75 Å². The van der Waals surface area contributed by atoms with Gasteiger partial charge in [0, 0.05) is 12.6 Å². The lowest BCUT2D eigenvalue weighted by atomic mass is 10.1. The molecule has 0 unspecified atom stereocenters. The van der Waals surface area contributed by atoms with E-state index in [0.717, 1.165) is 26.4 Å². The highest BCUT2D eigenvalue weighted by Gasteiger charge is 2.23. The number of rotatable bonds is 7. The van der Waals surface area contributed by atoms with Crippen LogP contribution in [-0.2, 0) is 14.8 Å². The summed E-state index contributed by atoms with van der Waals surface area (Å²) < 4.78 is 32.0. The van der Waals surface area contributed by atoms with E-state index < -0.39 is 15.9 Å². The summed E-state index contributed by atoms with van der Waals surface area (Å²) in [6, 6.07) is 19.7. The van der Waals surface area contributed by atoms with Crippen molar-refractivity contribution in [2.75, 3.05) is 26.0 Å². The zero-order chi connectivity index (χ0) is 22.7. The van der Waals surface area contributed by atoms with Crippen molar-refractivity contribution >= 4 is 43.2 Å². The minimum absolute atomic E-state index is 0.129. The van der Waals surface area contributed by atoms with Crippen molar-refractivity contribution in [2.24, 2.45) is 0 Å². The molecule has 32 heavy (non-hydrogen) atoms. The van der Waals surface area contributed by atoms with Crippen molar-refractivity contribution < 1.29 is 17.9 Å². The fraction of sp³-hybridized carbons (Fsp3) is 0.136. The molecule has 1 aromatic heterocycles. The summed E-state index contributed by atoms with van der Waals surface area (Å²) in [7, 11) is -0.878. The van der Waals surface area contributed by atoms with Gasteiger partial charge in [-0.05, 0) is 47.2 Å². The van der Waals surface area contributed by atoms with Crippen LogP contribution in [0.4, 0.5) is 5.13 Å². The molecule has 1 N–H and O–H groups in total. The lowest BCUT2D eigenvalue weighted by Crippen LogP contribution is -2.34. The van der Waals surface area contributed by atoms with E-state index in [-0.39, 0.29) is 16.6 Å². The second-order valence-electron chi connectivity index (χ2n) is 6.96. The van der Waals surface area contributed by atoms with Crippen molar-refractivity contribution in [3.63, 3.8) is 0 Å². The largest absolute Gasteiger partial charge is 0.497 e. The third-order valence-electron chi connectivity index (χ3n) is 4.80. The molecule has 0 saturated carbocycles. The summed E-state index contributed by atoms with van der Waals surface area (Å²) >= 11 is 1.20. The fourth-order valence-corrected chi connectivity index (χ4v) is 5.01. The van der Waals surface area contributed by atoms with E-state index in [1.54, 1.807) is 19.2 Å². The van der Waals surface area contributed by atoms with Gasteiger partial charge in [-0.2, -0.15) is 4.31 Å². The smallest absolute Gasteiger partial charge is 0.243 e. The molecular weight excluding hydrogens is 448 g/mol. The predicted octanol–water partition coefficient (Wildman–Crippen LogP) is 3.63. The maximum absolute atomic E-state index is 12.9. The third kappa shape index (κ3) is 4.62. The second kappa shape index (κ2) is 9.03. The molecular formula is C22H20N4O4S2. The number of likely N-dealkylation sites (N-methyl/N-ethyl adjacent to an activating group) is 1. The number of aromatic nitrogens is 2. The Kier molecular flexibility index (Phi) is 6.17. The quantitative estimate of drug-likeness (QED) is 0.445. The zero-order valence-electron chi connectivity index (χ0n) is 17.3. The van der Waals surface area contributed by atoms with Gasteiger partial charge in [0.2, 0.25) is 21.1 Å². The highest BCUT2D eigenvalue weighted by atomic mass is 32.2. The Morgan fingerprint density at radius 1 is 1.03 bits per heavy atom. The first-order valence-electron chi connectivity index (χ1n) is 9.60. The van der Waals surface area contributed by atoms with Crippen molar-refractivity contribution in [1.82, 2.24) is 14.5 Å². The molecule has 0 bridgehead atoms. The molecule has 0 spiro atoms. The van der Waals surface area contributed by atoms with E-state index in [2.05, 4.69) is 15.5 Å². The third-order valence-corrected chi connectivity index (χ3v) is 7.49. The fourth-order valence-electron chi connectivity index (χ4n) is 3.08. The van der Waals surface area contributed by atoms with Crippen LogP contribution in [-0.4, -0.2) is 49.5 Å². The molecule has 0 aliphatic carbocycles. The minimum atomic E-state index is -3.83. The Morgan fingerprint density at radius 3 is 2.47 bits per heavy atom. The molecule has 4 rings (SSSR count). The molecule has 1 amide bonds. The van der Waals surface area contributed by atoms with Crippen LogP contribution in [0, 0.1) is 0 Å². The molecule has 10 heteroatoms. The number of fused-ring (bicyclic) bond motifs is 1. The number of nitrogens with one attached hydrogen (secondary N) is 1. The van der Waals surface area contributed by atoms with E-state index >= 15 is 0 Å². The topological polar surface area (TPSA) is 101 Å². The Labute approximate surface area is 189 Å². The van der Waals surface area contributed by atoms with Gasteiger partial charge in [-0.1, -0.05) is 41.7 Å². The first-order valence-corrected chi connectivity index (χ1v) is 11.9. The first kappa shape index (κ1) is 21.9. The van der Waals surface area contributed by atoms with Gasteiger partial charge in [0.15, 0.2) is 0 Å². The molecule has 0 aliphatic rings. The predicted molar refractivity (Wildman–Crippen MR) is 124 cm³/mol.